The highest BCUT2D eigenvalue weighted by Gasteiger charge is 1.90. The van der Waals surface area contributed by atoms with E-state index >= 15 is 0 Å². The molecule has 0 N–H and O–H groups in total. The summed E-state index contributed by atoms with van der Waals surface area (Å²) < 4.78 is 0. The molecule has 0 aliphatic carbocycles. The van der Waals surface area contributed by atoms with E-state index in [-0.39, 0.29) is 0 Å². The Hall–Kier alpha value is -1.02. The lowest BCUT2D eigenvalue weighted by Gasteiger charge is -1.98. The van der Waals surface area contributed by atoms with Gasteiger partial charge in [0.05, 0.1) is 0 Å². The van der Waals surface area contributed by atoms with Gasteiger partial charge in [0.15, 0.2) is 0 Å². The average Bonchev–Trinajstić information content (AvgIpc) is 2.19. The third-order valence-electron chi connectivity index (χ3n) is 1.74. The zero-order chi connectivity index (χ0) is 11.7. The Balaban J connectivity index is 0.000000423. The van der Waals surface area contributed by atoms with Gasteiger partial charge in [-0.05, 0) is 39.2 Å². The van der Waals surface area contributed by atoms with Gasteiger partial charge in [0, 0.05) is 0 Å². The maximum absolute atomic E-state index is 2.25. The summed E-state index contributed by atoms with van der Waals surface area (Å²) in [6.07, 6.45) is 3.36. The van der Waals surface area contributed by atoms with E-state index in [0.717, 1.165) is 6.32 Å². The van der Waals surface area contributed by atoms with Crippen molar-refractivity contribution >= 4 is 13.4 Å². The summed E-state index contributed by atoms with van der Waals surface area (Å²) in [6.45, 7) is 2.15. The minimum Gasteiger partial charge on any atom is -0.312 e. The van der Waals surface area contributed by atoms with Crippen LogP contribution in [0.15, 0.2) is 36.4 Å². The molecule has 0 spiro atoms. The maximum atomic E-state index is 2.25. The highest BCUT2D eigenvalue weighted by atomic mass is 15.0. The molecule has 0 fully saturated rings. The van der Waals surface area contributed by atoms with Gasteiger partial charge in [0.25, 0.3) is 0 Å². The first kappa shape index (κ1) is 14.0. The van der Waals surface area contributed by atoms with Crippen molar-refractivity contribution in [1.29, 1.82) is 0 Å². The lowest BCUT2D eigenvalue weighted by molar-refractivity contribution is 0.505. The van der Waals surface area contributed by atoms with Gasteiger partial charge in [0.2, 0.25) is 0 Å². The van der Waals surface area contributed by atoms with E-state index in [4.69, 9.17) is 0 Å². The van der Waals surface area contributed by atoms with E-state index in [1.807, 2.05) is 32.1 Å². The van der Waals surface area contributed by atoms with E-state index in [1.165, 1.54) is 11.1 Å². The van der Waals surface area contributed by atoms with E-state index in [9.17, 15) is 0 Å². The molecular weight excluding hydrogens is 181 g/mol. The van der Waals surface area contributed by atoms with Crippen LogP contribution in [0.25, 0.3) is 5.57 Å². The number of allylic oxidation sites excluding steroid dienone is 2. The largest absolute Gasteiger partial charge is 0.312 e. The molecular formula is C13H22BN. The minimum absolute atomic E-state index is 1.11. The molecule has 1 rings (SSSR count). The van der Waals surface area contributed by atoms with Crippen LogP contribution >= 0.6 is 0 Å². The fraction of sp³-hybridized carbons (Fsp3) is 0.385. The first-order valence-corrected chi connectivity index (χ1v) is 5.41. The van der Waals surface area contributed by atoms with E-state index in [0.29, 0.717) is 0 Å². The summed E-state index contributed by atoms with van der Waals surface area (Å²) in [5, 5.41) is 0. The first-order chi connectivity index (χ1) is 7.07. The van der Waals surface area contributed by atoms with Gasteiger partial charge < -0.3 is 4.90 Å². The van der Waals surface area contributed by atoms with Crippen molar-refractivity contribution in [3.63, 3.8) is 0 Å². The zero-order valence-corrected chi connectivity index (χ0v) is 10.6. The molecule has 0 heterocycles. The van der Waals surface area contributed by atoms with Crippen LogP contribution in [0.5, 0.6) is 0 Å². The second-order valence-electron chi connectivity index (χ2n) is 4.00. The van der Waals surface area contributed by atoms with E-state index in [2.05, 4.69) is 45.1 Å². The molecule has 0 aliphatic rings. The molecule has 2 heteroatoms. The summed E-state index contributed by atoms with van der Waals surface area (Å²) in [7, 11) is 8.16. The number of nitrogens with zero attached hydrogens (tertiary/aromatic N) is 1. The fourth-order valence-electron chi connectivity index (χ4n) is 1.13. The van der Waals surface area contributed by atoms with Gasteiger partial charge >= 0.3 is 0 Å². The second kappa shape index (κ2) is 8.31. The van der Waals surface area contributed by atoms with Crippen LogP contribution in [-0.2, 0) is 0 Å². The van der Waals surface area contributed by atoms with Crippen LogP contribution < -0.4 is 0 Å². The lowest BCUT2D eigenvalue weighted by Crippen LogP contribution is -1.99. The zero-order valence-electron chi connectivity index (χ0n) is 10.6. The van der Waals surface area contributed by atoms with Crippen LogP contribution in [0.4, 0.5) is 0 Å². The van der Waals surface area contributed by atoms with Crippen molar-refractivity contribution in [1.82, 2.24) is 4.90 Å². The van der Waals surface area contributed by atoms with Crippen molar-refractivity contribution in [2.75, 3.05) is 21.1 Å². The maximum Gasteiger partial charge on any atom is 0.106 e. The summed E-state index contributed by atoms with van der Waals surface area (Å²) in [5.41, 5.74) is 2.70. The number of rotatable bonds is 2. The van der Waals surface area contributed by atoms with Crippen molar-refractivity contribution < 1.29 is 0 Å². The molecule has 0 unspecified atom stereocenters. The molecule has 15 heavy (non-hydrogen) atoms. The van der Waals surface area contributed by atoms with Crippen LogP contribution in [0.3, 0.4) is 0 Å². The average molecular weight is 203 g/mol. The van der Waals surface area contributed by atoms with Gasteiger partial charge in [-0.1, -0.05) is 42.7 Å². The smallest absolute Gasteiger partial charge is 0.106 e. The van der Waals surface area contributed by atoms with Gasteiger partial charge in [-0.3, -0.25) is 0 Å². The Labute approximate surface area is 95.2 Å². The van der Waals surface area contributed by atoms with Crippen LogP contribution in [-0.4, -0.2) is 33.9 Å². The molecule has 0 atom stereocenters. The lowest BCUT2D eigenvalue weighted by atomic mass is 9.99. The van der Waals surface area contributed by atoms with Gasteiger partial charge in [-0.15, -0.1) is 0 Å². The molecule has 82 valence electrons. The predicted molar refractivity (Wildman–Crippen MR) is 73.1 cm³/mol. The minimum atomic E-state index is 1.11. The van der Waals surface area contributed by atoms with Crippen LogP contribution in [0.1, 0.15) is 12.5 Å². The topological polar surface area (TPSA) is 3.24 Å². The molecule has 1 aromatic rings. The van der Waals surface area contributed by atoms with E-state index < -0.39 is 0 Å². The third kappa shape index (κ3) is 8.01. The Morgan fingerprint density at radius 3 is 2.07 bits per heavy atom. The molecule has 0 saturated carbocycles. The van der Waals surface area contributed by atoms with Gasteiger partial charge in [-0.2, -0.15) is 0 Å². The molecule has 1 nitrogen and oxygen atoms in total. The van der Waals surface area contributed by atoms with Gasteiger partial charge in [-0.25, -0.2) is 0 Å². The van der Waals surface area contributed by atoms with Crippen molar-refractivity contribution in [3.05, 3.63) is 42.0 Å². The van der Waals surface area contributed by atoms with Crippen molar-refractivity contribution in [2.45, 2.75) is 13.2 Å². The van der Waals surface area contributed by atoms with Crippen LogP contribution in [0, 0.1) is 0 Å². The Bertz CT molecular complexity index is 275. The van der Waals surface area contributed by atoms with Gasteiger partial charge in [0.1, 0.15) is 7.85 Å². The second-order valence-corrected chi connectivity index (χ2v) is 4.00. The normalized spacial score (nSPS) is 10.9. The number of hydrogen-bond acceptors (Lipinski definition) is 1. The van der Waals surface area contributed by atoms with Crippen molar-refractivity contribution in [2.24, 2.45) is 0 Å². The number of benzene rings is 1. The molecule has 0 saturated heterocycles. The molecule has 0 radical (unpaired) electrons. The molecule has 1 aromatic carbocycles. The summed E-state index contributed by atoms with van der Waals surface area (Å²) in [5.74, 6) is 0. The SMILES string of the molecule is BC/C=C(\C)c1ccccc1.CN(C)C. The Morgan fingerprint density at radius 1 is 1.20 bits per heavy atom. The van der Waals surface area contributed by atoms with Crippen LogP contribution in [0.2, 0.25) is 6.32 Å². The third-order valence-corrected chi connectivity index (χ3v) is 1.74. The molecule has 0 amide bonds. The predicted octanol–water partition coefficient (Wildman–Crippen LogP) is 2.32. The Kier molecular flexibility index (Phi) is 7.74. The van der Waals surface area contributed by atoms with E-state index in [1.54, 1.807) is 0 Å². The molecule has 0 bridgehead atoms. The summed E-state index contributed by atoms with van der Waals surface area (Å²) >= 11 is 0. The summed E-state index contributed by atoms with van der Waals surface area (Å²) in [4.78, 5) is 2.00. The standard InChI is InChI=1S/C10H13B.C3H9N/c1-9(7-8-11)10-5-3-2-4-6-10;1-4(2)3/h2-7H,8,11H2,1H3;1-3H3/b9-7+;. The highest BCUT2D eigenvalue weighted by molar-refractivity contribution is 6.10. The highest BCUT2D eigenvalue weighted by Crippen LogP contribution is 2.12. The molecule has 0 aliphatic heterocycles. The fourth-order valence-corrected chi connectivity index (χ4v) is 1.13. The Morgan fingerprint density at radius 2 is 1.67 bits per heavy atom. The summed E-state index contributed by atoms with van der Waals surface area (Å²) in [6, 6.07) is 10.5. The monoisotopic (exact) mass is 203 g/mol. The quantitative estimate of drug-likeness (QED) is 0.666. The number of hydrogen-bond donors (Lipinski definition) is 0. The van der Waals surface area contributed by atoms with Crippen molar-refractivity contribution in [3.8, 4) is 0 Å². The first-order valence-electron chi connectivity index (χ1n) is 5.41. The molecule has 0 aromatic heterocycles.